The standard InChI is InChI=1S/C17H26N4O/c1-5-10-20(11-6-2)15-8-9-16(17(12-15)22-7-3)21-13-18-14(4)19-21/h8-9,12-13H,5-7,10-11H2,1-4H3. The van der Waals surface area contributed by atoms with Gasteiger partial charge in [-0.1, -0.05) is 13.8 Å². The summed E-state index contributed by atoms with van der Waals surface area (Å²) in [5.74, 6) is 1.60. The molecular weight excluding hydrogens is 276 g/mol. The summed E-state index contributed by atoms with van der Waals surface area (Å²) in [5, 5.41) is 4.38. The molecule has 0 atom stereocenters. The fourth-order valence-corrected chi connectivity index (χ4v) is 2.53. The molecular formula is C17H26N4O. The van der Waals surface area contributed by atoms with E-state index in [1.807, 2.05) is 13.8 Å². The van der Waals surface area contributed by atoms with Crippen molar-refractivity contribution in [1.82, 2.24) is 14.8 Å². The fraction of sp³-hybridized carbons (Fsp3) is 0.529. The van der Waals surface area contributed by atoms with Gasteiger partial charge < -0.3 is 9.64 Å². The number of nitrogens with zero attached hydrogens (tertiary/aromatic N) is 4. The smallest absolute Gasteiger partial charge is 0.147 e. The summed E-state index contributed by atoms with van der Waals surface area (Å²) >= 11 is 0. The Balaban J connectivity index is 2.37. The van der Waals surface area contributed by atoms with Gasteiger partial charge in [0.2, 0.25) is 0 Å². The van der Waals surface area contributed by atoms with Gasteiger partial charge >= 0.3 is 0 Å². The van der Waals surface area contributed by atoms with E-state index < -0.39 is 0 Å². The number of hydrogen-bond acceptors (Lipinski definition) is 4. The number of rotatable bonds is 8. The molecule has 0 aliphatic carbocycles. The van der Waals surface area contributed by atoms with Crippen LogP contribution in [0.4, 0.5) is 5.69 Å². The van der Waals surface area contributed by atoms with Crippen LogP contribution in [0.1, 0.15) is 39.4 Å². The van der Waals surface area contributed by atoms with E-state index in [1.165, 1.54) is 5.69 Å². The van der Waals surface area contributed by atoms with Gasteiger partial charge in [-0.2, -0.15) is 5.10 Å². The Labute approximate surface area is 132 Å². The summed E-state index contributed by atoms with van der Waals surface area (Å²) in [4.78, 5) is 6.60. The minimum Gasteiger partial charge on any atom is -0.492 e. The number of aryl methyl sites for hydroxylation is 1. The first-order chi connectivity index (χ1) is 10.7. The van der Waals surface area contributed by atoms with Crippen LogP contribution in [0.3, 0.4) is 0 Å². The molecule has 0 radical (unpaired) electrons. The van der Waals surface area contributed by atoms with Crippen LogP contribution >= 0.6 is 0 Å². The molecule has 0 amide bonds. The van der Waals surface area contributed by atoms with E-state index in [0.717, 1.165) is 43.2 Å². The minimum absolute atomic E-state index is 0.631. The quantitative estimate of drug-likeness (QED) is 0.747. The van der Waals surface area contributed by atoms with E-state index >= 15 is 0 Å². The van der Waals surface area contributed by atoms with Crippen LogP contribution in [0.5, 0.6) is 5.75 Å². The number of anilines is 1. The molecule has 0 aliphatic heterocycles. The van der Waals surface area contributed by atoms with Gasteiger partial charge in [0.25, 0.3) is 0 Å². The zero-order chi connectivity index (χ0) is 15.9. The second kappa shape index (κ2) is 7.82. The average Bonchev–Trinajstić information content (AvgIpc) is 2.94. The van der Waals surface area contributed by atoms with Crippen molar-refractivity contribution in [2.75, 3.05) is 24.6 Å². The van der Waals surface area contributed by atoms with Crippen LogP contribution in [0.15, 0.2) is 24.5 Å². The van der Waals surface area contributed by atoms with E-state index in [2.05, 4.69) is 47.0 Å². The minimum atomic E-state index is 0.631. The topological polar surface area (TPSA) is 43.2 Å². The van der Waals surface area contributed by atoms with Gasteiger partial charge in [-0.15, -0.1) is 0 Å². The average molecular weight is 302 g/mol. The first-order valence-corrected chi connectivity index (χ1v) is 8.10. The van der Waals surface area contributed by atoms with Gasteiger partial charge in [-0.3, -0.25) is 0 Å². The Kier molecular flexibility index (Phi) is 5.81. The molecule has 0 saturated carbocycles. The number of aromatic nitrogens is 3. The summed E-state index contributed by atoms with van der Waals surface area (Å²) in [6.45, 7) is 11.0. The second-order valence-electron chi connectivity index (χ2n) is 5.31. The fourth-order valence-electron chi connectivity index (χ4n) is 2.53. The van der Waals surface area contributed by atoms with Crippen LogP contribution < -0.4 is 9.64 Å². The maximum atomic E-state index is 5.83. The third-order valence-corrected chi connectivity index (χ3v) is 3.45. The summed E-state index contributed by atoms with van der Waals surface area (Å²) < 4.78 is 7.60. The predicted molar refractivity (Wildman–Crippen MR) is 90.1 cm³/mol. The summed E-state index contributed by atoms with van der Waals surface area (Å²) in [7, 11) is 0. The maximum absolute atomic E-state index is 5.83. The van der Waals surface area contributed by atoms with Crippen molar-refractivity contribution in [3.05, 3.63) is 30.4 Å². The SMILES string of the molecule is CCCN(CCC)c1ccc(-n2cnc(C)n2)c(OCC)c1. The highest BCUT2D eigenvalue weighted by Gasteiger charge is 2.12. The summed E-state index contributed by atoms with van der Waals surface area (Å²) in [5.41, 5.74) is 2.13. The van der Waals surface area contributed by atoms with E-state index in [9.17, 15) is 0 Å². The van der Waals surface area contributed by atoms with Gasteiger partial charge in [-0.05, 0) is 38.8 Å². The van der Waals surface area contributed by atoms with Crippen molar-refractivity contribution >= 4 is 5.69 Å². The molecule has 0 N–H and O–H groups in total. The van der Waals surface area contributed by atoms with E-state index in [4.69, 9.17) is 4.74 Å². The van der Waals surface area contributed by atoms with Crippen molar-refractivity contribution in [2.45, 2.75) is 40.5 Å². The zero-order valence-electron chi connectivity index (χ0n) is 14.0. The molecule has 1 aromatic carbocycles. The summed E-state index contributed by atoms with van der Waals surface area (Å²) in [6.07, 6.45) is 3.99. The monoisotopic (exact) mass is 302 g/mol. The summed E-state index contributed by atoms with van der Waals surface area (Å²) in [6, 6.07) is 6.31. The molecule has 0 bridgehead atoms. The molecule has 0 saturated heterocycles. The maximum Gasteiger partial charge on any atom is 0.147 e. The molecule has 5 heteroatoms. The van der Waals surface area contributed by atoms with Crippen LogP contribution in [-0.2, 0) is 0 Å². The Bertz CT molecular complexity index is 588. The molecule has 0 spiro atoms. The number of benzene rings is 1. The zero-order valence-corrected chi connectivity index (χ0v) is 14.0. The first-order valence-electron chi connectivity index (χ1n) is 8.10. The Morgan fingerprint density at radius 3 is 2.41 bits per heavy atom. The van der Waals surface area contributed by atoms with Crippen LogP contribution in [0, 0.1) is 6.92 Å². The third-order valence-electron chi connectivity index (χ3n) is 3.45. The molecule has 1 aromatic heterocycles. The molecule has 1 heterocycles. The predicted octanol–water partition coefficient (Wildman–Crippen LogP) is 3.60. The highest BCUT2D eigenvalue weighted by Crippen LogP contribution is 2.29. The lowest BCUT2D eigenvalue weighted by atomic mass is 10.2. The van der Waals surface area contributed by atoms with Gasteiger partial charge in [0.1, 0.15) is 23.6 Å². The van der Waals surface area contributed by atoms with Crippen molar-refractivity contribution in [2.24, 2.45) is 0 Å². The van der Waals surface area contributed by atoms with Gasteiger partial charge in [0, 0.05) is 24.8 Å². The molecule has 2 aromatic rings. The highest BCUT2D eigenvalue weighted by atomic mass is 16.5. The van der Waals surface area contributed by atoms with Crippen molar-refractivity contribution in [3.63, 3.8) is 0 Å². The third kappa shape index (κ3) is 3.78. The molecule has 5 nitrogen and oxygen atoms in total. The lowest BCUT2D eigenvalue weighted by Gasteiger charge is -2.25. The Morgan fingerprint density at radius 2 is 1.86 bits per heavy atom. The lowest BCUT2D eigenvalue weighted by molar-refractivity contribution is 0.338. The van der Waals surface area contributed by atoms with Crippen LogP contribution in [0.25, 0.3) is 5.69 Å². The Hall–Kier alpha value is -2.04. The first kappa shape index (κ1) is 16.3. The second-order valence-corrected chi connectivity index (χ2v) is 5.31. The molecule has 22 heavy (non-hydrogen) atoms. The van der Waals surface area contributed by atoms with Gasteiger partial charge in [-0.25, -0.2) is 9.67 Å². The van der Waals surface area contributed by atoms with Crippen molar-refractivity contribution in [1.29, 1.82) is 0 Å². The normalized spacial score (nSPS) is 10.7. The van der Waals surface area contributed by atoms with E-state index in [-0.39, 0.29) is 0 Å². The molecule has 0 aliphatic rings. The van der Waals surface area contributed by atoms with Crippen LogP contribution in [-0.4, -0.2) is 34.5 Å². The molecule has 2 rings (SSSR count). The largest absolute Gasteiger partial charge is 0.492 e. The van der Waals surface area contributed by atoms with E-state index in [1.54, 1.807) is 11.0 Å². The van der Waals surface area contributed by atoms with Crippen molar-refractivity contribution in [3.8, 4) is 11.4 Å². The molecule has 0 unspecified atom stereocenters. The number of ether oxygens (including phenoxy) is 1. The number of hydrogen-bond donors (Lipinski definition) is 0. The van der Waals surface area contributed by atoms with Crippen LogP contribution in [0.2, 0.25) is 0 Å². The van der Waals surface area contributed by atoms with Gasteiger partial charge in [0.05, 0.1) is 6.61 Å². The highest BCUT2D eigenvalue weighted by molar-refractivity contribution is 5.59. The molecule has 120 valence electrons. The lowest BCUT2D eigenvalue weighted by Crippen LogP contribution is -2.24. The molecule has 0 fully saturated rings. The van der Waals surface area contributed by atoms with Gasteiger partial charge in [0.15, 0.2) is 0 Å². The van der Waals surface area contributed by atoms with Crippen molar-refractivity contribution < 1.29 is 4.74 Å². The Morgan fingerprint density at radius 1 is 1.14 bits per heavy atom. The van der Waals surface area contributed by atoms with E-state index in [0.29, 0.717) is 6.61 Å².